The fraction of sp³-hybridized carbons (Fsp3) is 0.294. The number of anilines is 1. The average Bonchev–Trinajstić information content (AvgIpc) is 2.86. The molecule has 1 unspecified atom stereocenters. The van der Waals surface area contributed by atoms with Gasteiger partial charge in [-0.2, -0.15) is 0 Å². The van der Waals surface area contributed by atoms with Crippen LogP contribution in [0.3, 0.4) is 0 Å². The summed E-state index contributed by atoms with van der Waals surface area (Å²) in [6.45, 7) is 2.54. The SMILES string of the molecule is O=C1C=CC(N2C(=O)c3cc(F)c(N4CCNCC4)cc3C2=O)C(=O)N1. The number of hydrogen-bond acceptors (Lipinski definition) is 6. The van der Waals surface area contributed by atoms with Crippen LogP contribution in [0.1, 0.15) is 20.7 Å². The summed E-state index contributed by atoms with van der Waals surface area (Å²) in [5.74, 6) is -3.41. The van der Waals surface area contributed by atoms with E-state index in [0.717, 1.165) is 17.0 Å². The molecular formula is C17H15FN4O4. The van der Waals surface area contributed by atoms with Crippen molar-refractivity contribution < 1.29 is 23.6 Å². The van der Waals surface area contributed by atoms with Crippen molar-refractivity contribution in [2.24, 2.45) is 0 Å². The summed E-state index contributed by atoms with van der Waals surface area (Å²) in [4.78, 5) is 51.1. The van der Waals surface area contributed by atoms with Gasteiger partial charge < -0.3 is 10.2 Å². The molecule has 1 atom stereocenters. The fourth-order valence-corrected chi connectivity index (χ4v) is 3.37. The van der Waals surface area contributed by atoms with Crippen molar-refractivity contribution in [1.82, 2.24) is 15.5 Å². The van der Waals surface area contributed by atoms with Gasteiger partial charge in [-0.15, -0.1) is 0 Å². The maximum atomic E-state index is 14.5. The second kappa shape index (κ2) is 6.03. The second-order valence-electron chi connectivity index (χ2n) is 6.22. The van der Waals surface area contributed by atoms with Crippen LogP contribution in [0.25, 0.3) is 0 Å². The lowest BCUT2D eigenvalue weighted by molar-refractivity contribution is -0.130. The first-order chi connectivity index (χ1) is 12.5. The number of carbonyl (C=O) groups is 4. The summed E-state index contributed by atoms with van der Waals surface area (Å²) in [6, 6.07) is 1.18. The monoisotopic (exact) mass is 358 g/mol. The van der Waals surface area contributed by atoms with E-state index in [2.05, 4.69) is 5.32 Å². The molecule has 1 aromatic carbocycles. The Balaban J connectivity index is 1.71. The highest BCUT2D eigenvalue weighted by atomic mass is 19.1. The molecule has 1 aromatic rings. The standard InChI is InChI=1S/C17H15FN4O4/c18-11-7-9-10(8-13(11)21-5-3-19-4-6-21)17(26)22(16(9)25)12-1-2-14(23)20-15(12)24/h1-2,7-8,12,19H,3-6H2,(H,20,23,24). The van der Waals surface area contributed by atoms with Gasteiger partial charge in [-0.25, -0.2) is 4.39 Å². The van der Waals surface area contributed by atoms with Crippen molar-refractivity contribution in [2.75, 3.05) is 31.1 Å². The van der Waals surface area contributed by atoms with Crippen LogP contribution in [-0.4, -0.2) is 60.7 Å². The Bertz CT molecular complexity index is 876. The third-order valence-corrected chi connectivity index (χ3v) is 4.67. The van der Waals surface area contributed by atoms with Gasteiger partial charge in [-0.05, 0) is 18.2 Å². The highest BCUT2D eigenvalue weighted by molar-refractivity contribution is 6.24. The third-order valence-electron chi connectivity index (χ3n) is 4.67. The largest absolute Gasteiger partial charge is 0.367 e. The number of carbonyl (C=O) groups excluding carboxylic acids is 4. The Morgan fingerprint density at radius 1 is 1.00 bits per heavy atom. The van der Waals surface area contributed by atoms with Gasteiger partial charge in [0, 0.05) is 32.3 Å². The molecule has 0 aliphatic carbocycles. The van der Waals surface area contributed by atoms with E-state index in [-0.39, 0.29) is 16.8 Å². The molecule has 26 heavy (non-hydrogen) atoms. The van der Waals surface area contributed by atoms with E-state index in [1.807, 2.05) is 5.32 Å². The first kappa shape index (κ1) is 16.4. The van der Waals surface area contributed by atoms with Gasteiger partial charge in [-0.1, -0.05) is 0 Å². The van der Waals surface area contributed by atoms with Crippen LogP contribution in [0, 0.1) is 5.82 Å². The minimum atomic E-state index is -1.23. The van der Waals surface area contributed by atoms with E-state index >= 15 is 0 Å². The van der Waals surface area contributed by atoms with Crippen molar-refractivity contribution in [1.29, 1.82) is 0 Å². The number of piperazine rings is 1. The number of hydrogen-bond donors (Lipinski definition) is 2. The lowest BCUT2D eigenvalue weighted by Gasteiger charge is -2.29. The van der Waals surface area contributed by atoms with Gasteiger partial charge in [-0.3, -0.25) is 29.4 Å². The van der Waals surface area contributed by atoms with Crippen molar-refractivity contribution in [3.63, 3.8) is 0 Å². The van der Waals surface area contributed by atoms with Crippen LogP contribution in [-0.2, 0) is 9.59 Å². The van der Waals surface area contributed by atoms with E-state index in [4.69, 9.17) is 0 Å². The van der Waals surface area contributed by atoms with E-state index in [1.54, 1.807) is 4.90 Å². The summed E-state index contributed by atoms with van der Waals surface area (Å²) in [5, 5.41) is 5.21. The molecule has 0 spiro atoms. The summed E-state index contributed by atoms with van der Waals surface area (Å²) in [7, 11) is 0. The van der Waals surface area contributed by atoms with Crippen molar-refractivity contribution >= 4 is 29.3 Å². The normalized spacial score (nSPS) is 22.7. The van der Waals surface area contributed by atoms with Crippen LogP contribution >= 0.6 is 0 Å². The number of fused-ring (bicyclic) bond motifs is 1. The maximum absolute atomic E-state index is 14.5. The van der Waals surface area contributed by atoms with Crippen LogP contribution in [0.2, 0.25) is 0 Å². The van der Waals surface area contributed by atoms with Gasteiger partial charge >= 0.3 is 0 Å². The number of amides is 4. The molecule has 4 rings (SSSR count). The van der Waals surface area contributed by atoms with Crippen molar-refractivity contribution in [2.45, 2.75) is 6.04 Å². The lowest BCUT2D eigenvalue weighted by Crippen LogP contribution is -2.51. The molecule has 2 N–H and O–H groups in total. The summed E-state index contributed by atoms with van der Waals surface area (Å²) in [5.41, 5.74) is 0.236. The second-order valence-corrected chi connectivity index (χ2v) is 6.22. The van der Waals surface area contributed by atoms with Crippen LogP contribution < -0.4 is 15.5 Å². The maximum Gasteiger partial charge on any atom is 0.262 e. The van der Waals surface area contributed by atoms with Crippen LogP contribution in [0.4, 0.5) is 10.1 Å². The minimum absolute atomic E-state index is 0.0584. The minimum Gasteiger partial charge on any atom is -0.367 e. The Hall–Kier alpha value is -3.07. The predicted octanol–water partition coefficient (Wildman–Crippen LogP) is -0.587. The van der Waals surface area contributed by atoms with Crippen molar-refractivity contribution in [3.05, 3.63) is 41.2 Å². The number of imide groups is 2. The molecule has 0 radical (unpaired) electrons. The predicted molar refractivity (Wildman–Crippen MR) is 88.1 cm³/mol. The molecule has 3 heterocycles. The highest BCUT2D eigenvalue weighted by Gasteiger charge is 2.44. The Labute approximate surface area is 147 Å². The smallest absolute Gasteiger partial charge is 0.262 e. The molecule has 0 saturated carbocycles. The van der Waals surface area contributed by atoms with Gasteiger partial charge in [0.1, 0.15) is 11.9 Å². The quantitative estimate of drug-likeness (QED) is 0.686. The number of rotatable bonds is 2. The van der Waals surface area contributed by atoms with E-state index < -0.39 is 35.5 Å². The molecule has 3 aliphatic heterocycles. The topological polar surface area (TPSA) is 98.8 Å². The average molecular weight is 358 g/mol. The molecule has 8 nitrogen and oxygen atoms in total. The van der Waals surface area contributed by atoms with Crippen molar-refractivity contribution in [3.8, 4) is 0 Å². The number of nitrogens with one attached hydrogen (secondary N) is 2. The van der Waals surface area contributed by atoms with Gasteiger partial charge in [0.15, 0.2) is 0 Å². The van der Waals surface area contributed by atoms with E-state index in [9.17, 15) is 23.6 Å². The third kappa shape index (κ3) is 2.48. The van der Waals surface area contributed by atoms with E-state index in [0.29, 0.717) is 26.2 Å². The van der Waals surface area contributed by atoms with E-state index in [1.165, 1.54) is 12.1 Å². The number of nitrogens with zero attached hydrogens (tertiary/aromatic N) is 2. The summed E-state index contributed by atoms with van der Waals surface area (Å²) >= 11 is 0. The molecule has 0 aromatic heterocycles. The Kier molecular flexibility index (Phi) is 3.80. The molecule has 3 aliphatic rings. The van der Waals surface area contributed by atoms with Gasteiger partial charge in [0.05, 0.1) is 16.8 Å². The molecule has 1 saturated heterocycles. The molecular weight excluding hydrogens is 343 g/mol. The zero-order valence-electron chi connectivity index (χ0n) is 13.6. The lowest BCUT2D eigenvalue weighted by atomic mass is 10.1. The molecule has 4 amide bonds. The molecule has 134 valence electrons. The molecule has 9 heteroatoms. The number of benzene rings is 1. The molecule has 0 bridgehead atoms. The van der Waals surface area contributed by atoms with Gasteiger partial charge in [0.25, 0.3) is 17.7 Å². The van der Waals surface area contributed by atoms with Crippen LogP contribution in [0.5, 0.6) is 0 Å². The highest BCUT2D eigenvalue weighted by Crippen LogP contribution is 2.32. The van der Waals surface area contributed by atoms with Gasteiger partial charge in [0.2, 0.25) is 5.91 Å². The Morgan fingerprint density at radius 3 is 2.31 bits per heavy atom. The fourth-order valence-electron chi connectivity index (χ4n) is 3.37. The zero-order valence-corrected chi connectivity index (χ0v) is 13.6. The summed E-state index contributed by atoms with van der Waals surface area (Å²) in [6.07, 6.45) is 2.28. The molecule has 1 fully saturated rings. The number of halogens is 1. The first-order valence-electron chi connectivity index (χ1n) is 8.17. The zero-order chi connectivity index (χ0) is 18.4. The first-order valence-corrected chi connectivity index (χ1v) is 8.17. The van der Waals surface area contributed by atoms with Crippen LogP contribution in [0.15, 0.2) is 24.3 Å². The Morgan fingerprint density at radius 2 is 1.65 bits per heavy atom. The summed E-state index contributed by atoms with van der Waals surface area (Å²) < 4.78 is 14.5.